The van der Waals surface area contributed by atoms with Crippen molar-refractivity contribution < 1.29 is 52.5 Å². The number of aliphatic carboxylic acids is 1. The Kier molecular flexibility index (Phi) is 32.9. The largest absolute Gasteiger partial charge is 0.481 e. The van der Waals surface area contributed by atoms with Gasteiger partial charge in [-0.15, -0.1) is 11.6 Å². The summed E-state index contributed by atoms with van der Waals surface area (Å²) < 4.78 is 48.5. The van der Waals surface area contributed by atoms with Gasteiger partial charge in [0.2, 0.25) is 0 Å². The van der Waals surface area contributed by atoms with Gasteiger partial charge in [0.1, 0.15) is 0 Å². The Labute approximate surface area is 227 Å². The fourth-order valence-corrected chi connectivity index (χ4v) is 2.86. The van der Waals surface area contributed by atoms with Crippen molar-refractivity contribution in [2.24, 2.45) is 0 Å². The summed E-state index contributed by atoms with van der Waals surface area (Å²) >= 11 is 5.64. The number of unbranched alkanes of at least 4 members (excludes halogenated alkanes) is 3. The molecule has 11 nitrogen and oxygen atoms in total. The van der Waals surface area contributed by atoms with Crippen molar-refractivity contribution in [2.75, 3.05) is 125 Å². The molecule has 1 N–H and O–H groups in total. The maximum Gasteiger partial charge on any atom is 0.305 e. The van der Waals surface area contributed by atoms with Crippen molar-refractivity contribution in [2.45, 2.75) is 32.1 Å². The fourth-order valence-electron chi connectivity index (χ4n) is 2.67. The highest BCUT2D eigenvalue weighted by Crippen LogP contribution is 2.01. The zero-order valence-electron chi connectivity index (χ0n) is 22.4. The van der Waals surface area contributed by atoms with E-state index in [4.69, 9.17) is 59.3 Å². The number of alkyl halides is 1. The minimum Gasteiger partial charge on any atom is -0.481 e. The Balaban J connectivity index is 3.02. The molecule has 0 rings (SSSR count). The predicted octanol–water partition coefficient (Wildman–Crippen LogP) is 2.41. The van der Waals surface area contributed by atoms with Crippen molar-refractivity contribution in [1.29, 1.82) is 0 Å². The summed E-state index contributed by atoms with van der Waals surface area (Å²) in [6.07, 6.45) is 4.49. The van der Waals surface area contributed by atoms with Gasteiger partial charge in [-0.25, -0.2) is 0 Å². The molecule has 0 heterocycles. The lowest BCUT2D eigenvalue weighted by atomic mass is 10.2. The van der Waals surface area contributed by atoms with Crippen LogP contribution in [-0.4, -0.2) is 136 Å². The quantitative estimate of drug-likeness (QED) is 0.0940. The summed E-state index contributed by atoms with van der Waals surface area (Å²) in [5.41, 5.74) is 0. The van der Waals surface area contributed by atoms with Crippen LogP contribution in [-0.2, 0) is 47.4 Å². The first-order valence-electron chi connectivity index (χ1n) is 13.2. The van der Waals surface area contributed by atoms with E-state index in [1.165, 1.54) is 6.42 Å². The molecular weight excluding hydrogens is 512 g/mol. The Morgan fingerprint density at radius 2 is 0.676 bits per heavy atom. The molecule has 0 radical (unpaired) electrons. The second kappa shape index (κ2) is 33.4. The SMILES string of the molecule is O=C(O)CCOCCOCCOCCOCCOCCOCCOCCOCCOCCCCCCCl. The van der Waals surface area contributed by atoms with Gasteiger partial charge in [0.05, 0.1) is 119 Å². The zero-order chi connectivity index (χ0) is 26.9. The molecule has 0 aliphatic carbocycles. The summed E-state index contributed by atoms with van der Waals surface area (Å²) in [5, 5.41) is 8.47. The van der Waals surface area contributed by atoms with Crippen molar-refractivity contribution in [3.8, 4) is 0 Å². The third-order valence-corrected chi connectivity index (χ3v) is 4.88. The third-order valence-electron chi connectivity index (χ3n) is 4.61. The molecule has 0 aromatic rings. The van der Waals surface area contributed by atoms with E-state index in [9.17, 15) is 4.79 Å². The molecule has 0 aliphatic heterocycles. The molecule has 0 saturated carbocycles. The summed E-state index contributed by atoms with van der Waals surface area (Å²) in [6, 6.07) is 0. The van der Waals surface area contributed by atoms with E-state index in [1.807, 2.05) is 0 Å². The second-order valence-electron chi connectivity index (χ2n) is 7.76. The molecule has 222 valence electrons. The molecule has 0 aliphatic rings. The fraction of sp³-hybridized carbons (Fsp3) is 0.960. The first-order chi connectivity index (χ1) is 18.3. The van der Waals surface area contributed by atoms with E-state index in [-0.39, 0.29) is 13.0 Å². The molecule has 0 spiro atoms. The van der Waals surface area contributed by atoms with Crippen molar-refractivity contribution in [1.82, 2.24) is 0 Å². The molecule has 0 saturated heterocycles. The Morgan fingerprint density at radius 1 is 0.405 bits per heavy atom. The number of rotatable bonds is 33. The average molecular weight is 561 g/mol. The highest BCUT2D eigenvalue weighted by Gasteiger charge is 1.97. The number of carbonyl (C=O) groups is 1. The van der Waals surface area contributed by atoms with Gasteiger partial charge in [-0.1, -0.05) is 12.8 Å². The molecule has 0 atom stereocenters. The number of halogens is 1. The molecule has 0 unspecified atom stereocenters. The number of ether oxygens (including phenoxy) is 9. The lowest BCUT2D eigenvalue weighted by Gasteiger charge is -2.09. The molecule has 37 heavy (non-hydrogen) atoms. The van der Waals surface area contributed by atoms with Gasteiger partial charge in [0, 0.05) is 12.5 Å². The highest BCUT2D eigenvalue weighted by atomic mass is 35.5. The maximum absolute atomic E-state index is 10.3. The van der Waals surface area contributed by atoms with Crippen LogP contribution in [0, 0.1) is 0 Å². The Morgan fingerprint density at radius 3 is 0.973 bits per heavy atom. The third kappa shape index (κ3) is 35.4. The van der Waals surface area contributed by atoms with Gasteiger partial charge >= 0.3 is 5.97 Å². The monoisotopic (exact) mass is 560 g/mol. The van der Waals surface area contributed by atoms with Crippen molar-refractivity contribution in [3.05, 3.63) is 0 Å². The van der Waals surface area contributed by atoms with Crippen LogP contribution in [0.5, 0.6) is 0 Å². The van der Waals surface area contributed by atoms with Gasteiger partial charge in [-0.2, -0.15) is 0 Å². The first kappa shape index (κ1) is 36.4. The van der Waals surface area contributed by atoms with Crippen LogP contribution in [0.15, 0.2) is 0 Å². The normalized spacial score (nSPS) is 11.4. The van der Waals surface area contributed by atoms with Gasteiger partial charge in [0.15, 0.2) is 0 Å². The molecule has 0 aromatic carbocycles. The summed E-state index contributed by atoms with van der Waals surface area (Å²) in [5.74, 6) is -0.129. The Bertz CT molecular complexity index is 447. The number of hydrogen-bond donors (Lipinski definition) is 1. The van der Waals surface area contributed by atoms with Crippen LogP contribution in [0.2, 0.25) is 0 Å². The van der Waals surface area contributed by atoms with Crippen LogP contribution < -0.4 is 0 Å². The van der Waals surface area contributed by atoms with Gasteiger partial charge in [0.25, 0.3) is 0 Å². The molecular formula is C25H49ClO11. The van der Waals surface area contributed by atoms with Crippen molar-refractivity contribution >= 4 is 17.6 Å². The van der Waals surface area contributed by atoms with Crippen LogP contribution in [0.1, 0.15) is 32.1 Å². The number of hydrogen-bond acceptors (Lipinski definition) is 10. The van der Waals surface area contributed by atoms with Gasteiger partial charge < -0.3 is 47.7 Å². The smallest absolute Gasteiger partial charge is 0.305 e. The van der Waals surface area contributed by atoms with Crippen LogP contribution in [0.3, 0.4) is 0 Å². The molecule has 0 amide bonds. The van der Waals surface area contributed by atoms with Crippen LogP contribution in [0.4, 0.5) is 0 Å². The molecule has 0 bridgehead atoms. The standard InChI is InChI=1S/C25H49ClO11/c26-6-3-1-2-4-7-29-9-11-31-13-15-33-17-19-35-21-23-37-24-22-36-20-18-34-16-14-32-12-10-30-8-5-25(27)28/h1-24H2,(H,27,28). The van der Waals surface area contributed by atoms with Crippen LogP contribution in [0.25, 0.3) is 0 Å². The highest BCUT2D eigenvalue weighted by molar-refractivity contribution is 6.17. The molecule has 0 fully saturated rings. The van der Waals surface area contributed by atoms with Gasteiger partial charge in [-0.3, -0.25) is 4.79 Å². The summed E-state index contributed by atoms with van der Waals surface area (Å²) in [6.45, 7) is 9.00. The summed E-state index contributed by atoms with van der Waals surface area (Å²) in [7, 11) is 0. The lowest BCUT2D eigenvalue weighted by Crippen LogP contribution is -2.15. The topological polar surface area (TPSA) is 120 Å². The van der Waals surface area contributed by atoms with E-state index in [1.54, 1.807) is 0 Å². The van der Waals surface area contributed by atoms with E-state index < -0.39 is 5.97 Å². The predicted molar refractivity (Wildman–Crippen MR) is 139 cm³/mol. The molecule has 0 aromatic heterocycles. The van der Waals surface area contributed by atoms with Crippen LogP contribution >= 0.6 is 11.6 Å². The maximum atomic E-state index is 10.3. The van der Waals surface area contributed by atoms with E-state index >= 15 is 0 Å². The number of carboxylic acid groups (broad SMARTS) is 1. The van der Waals surface area contributed by atoms with Crippen molar-refractivity contribution in [3.63, 3.8) is 0 Å². The average Bonchev–Trinajstić information content (AvgIpc) is 2.89. The lowest BCUT2D eigenvalue weighted by molar-refractivity contribution is -0.138. The minimum absolute atomic E-state index is 0.00279. The van der Waals surface area contributed by atoms with E-state index in [0.717, 1.165) is 31.7 Å². The minimum atomic E-state index is -0.870. The van der Waals surface area contributed by atoms with Gasteiger partial charge in [-0.05, 0) is 12.8 Å². The Hall–Kier alpha value is -0.600. The van der Waals surface area contributed by atoms with E-state index in [0.29, 0.717) is 106 Å². The second-order valence-corrected chi connectivity index (χ2v) is 8.14. The molecule has 12 heteroatoms. The zero-order valence-corrected chi connectivity index (χ0v) is 23.1. The number of carboxylic acids is 1. The first-order valence-corrected chi connectivity index (χ1v) is 13.8. The van der Waals surface area contributed by atoms with E-state index in [2.05, 4.69) is 0 Å². The summed E-state index contributed by atoms with van der Waals surface area (Å²) in [4.78, 5) is 10.3.